The molecule has 2 aromatic heterocycles. The third kappa shape index (κ3) is 2.84. The minimum Gasteiger partial charge on any atom is -0.303 e. The van der Waals surface area contributed by atoms with Gasteiger partial charge in [-0.15, -0.1) is 0 Å². The number of hydrogen-bond donors (Lipinski definition) is 1. The molecule has 0 aliphatic carbocycles. The molecule has 0 aliphatic rings. The van der Waals surface area contributed by atoms with Crippen molar-refractivity contribution >= 4 is 0 Å². The molecule has 0 fully saturated rings. The molecule has 4 nitrogen and oxygen atoms in total. The average Bonchev–Trinajstić information content (AvgIpc) is 2.38. The van der Waals surface area contributed by atoms with Gasteiger partial charge in [0.25, 0.3) is 0 Å². The zero-order valence-corrected chi connectivity index (χ0v) is 9.17. The van der Waals surface area contributed by atoms with Gasteiger partial charge in [-0.2, -0.15) is 0 Å². The SMILES string of the molecule is C[C@H](NCc1ncccn1)c1ccncc1. The summed E-state index contributed by atoms with van der Waals surface area (Å²) in [5.74, 6) is 0.809. The highest BCUT2D eigenvalue weighted by molar-refractivity contribution is 5.13. The largest absolute Gasteiger partial charge is 0.303 e. The fraction of sp³-hybridized carbons (Fsp3) is 0.250. The van der Waals surface area contributed by atoms with E-state index < -0.39 is 0 Å². The second-order valence-corrected chi connectivity index (χ2v) is 3.55. The second-order valence-electron chi connectivity index (χ2n) is 3.55. The summed E-state index contributed by atoms with van der Waals surface area (Å²) in [5.41, 5.74) is 1.21. The highest BCUT2D eigenvalue weighted by Gasteiger charge is 2.04. The molecule has 0 bridgehead atoms. The summed E-state index contributed by atoms with van der Waals surface area (Å²) >= 11 is 0. The second kappa shape index (κ2) is 5.32. The number of nitrogens with zero attached hydrogens (tertiary/aromatic N) is 3. The quantitative estimate of drug-likeness (QED) is 0.842. The van der Waals surface area contributed by atoms with E-state index >= 15 is 0 Å². The van der Waals surface area contributed by atoms with Gasteiger partial charge in [-0.3, -0.25) is 4.98 Å². The van der Waals surface area contributed by atoms with E-state index in [-0.39, 0.29) is 6.04 Å². The molecule has 16 heavy (non-hydrogen) atoms. The molecule has 2 heterocycles. The fourth-order valence-corrected chi connectivity index (χ4v) is 1.44. The smallest absolute Gasteiger partial charge is 0.141 e. The van der Waals surface area contributed by atoms with Crippen LogP contribution >= 0.6 is 0 Å². The molecule has 1 atom stereocenters. The lowest BCUT2D eigenvalue weighted by molar-refractivity contribution is 0.558. The average molecular weight is 214 g/mol. The summed E-state index contributed by atoms with van der Waals surface area (Å²) in [6.45, 7) is 2.78. The molecule has 0 aliphatic heterocycles. The molecule has 0 unspecified atom stereocenters. The van der Waals surface area contributed by atoms with Crippen molar-refractivity contribution in [3.8, 4) is 0 Å². The van der Waals surface area contributed by atoms with Crippen molar-refractivity contribution in [1.29, 1.82) is 0 Å². The third-order valence-electron chi connectivity index (χ3n) is 2.39. The Morgan fingerprint density at radius 2 is 1.81 bits per heavy atom. The molecule has 2 rings (SSSR count). The number of rotatable bonds is 4. The molecule has 82 valence electrons. The van der Waals surface area contributed by atoms with Crippen molar-refractivity contribution in [2.24, 2.45) is 0 Å². The molecule has 4 heteroatoms. The van der Waals surface area contributed by atoms with Gasteiger partial charge in [0, 0.05) is 30.8 Å². The molecule has 0 saturated carbocycles. The van der Waals surface area contributed by atoms with Gasteiger partial charge in [-0.05, 0) is 30.7 Å². The van der Waals surface area contributed by atoms with Crippen molar-refractivity contribution in [2.45, 2.75) is 19.5 Å². The van der Waals surface area contributed by atoms with Crippen LogP contribution in [0.1, 0.15) is 24.4 Å². The van der Waals surface area contributed by atoms with Crippen molar-refractivity contribution in [1.82, 2.24) is 20.3 Å². The van der Waals surface area contributed by atoms with Crippen LogP contribution in [0.3, 0.4) is 0 Å². The van der Waals surface area contributed by atoms with Crippen LogP contribution in [0.4, 0.5) is 0 Å². The Labute approximate surface area is 94.8 Å². The first-order valence-electron chi connectivity index (χ1n) is 5.25. The molecule has 1 N–H and O–H groups in total. The van der Waals surface area contributed by atoms with E-state index in [1.54, 1.807) is 24.8 Å². The minimum atomic E-state index is 0.270. The third-order valence-corrected chi connectivity index (χ3v) is 2.39. The van der Waals surface area contributed by atoms with Crippen molar-refractivity contribution in [3.05, 3.63) is 54.4 Å². The van der Waals surface area contributed by atoms with Crippen LogP contribution < -0.4 is 5.32 Å². The first-order valence-corrected chi connectivity index (χ1v) is 5.25. The Balaban J connectivity index is 1.92. The van der Waals surface area contributed by atoms with Crippen LogP contribution in [-0.2, 0) is 6.54 Å². The van der Waals surface area contributed by atoms with E-state index in [0.29, 0.717) is 6.54 Å². The summed E-state index contributed by atoms with van der Waals surface area (Å²) in [6, 6.07) is 6.09. The topological polar surface area (TPSA) is 50.7 Å². The summed E-state index contributed by atoms with van der Waals surface area (Å²) in [7, 11) is 0. The van der Waals surface area contributed by atoms with Crippen LogP contribution in [-0.4, -0.2) is 15.0 Å². The van der Waals surface area contributed by atoms with Crippen LogP contribution in [0, 0.1) is 0 Å². The van der Waals surface area contributed by atoms with Crippen molar-refractivity contribution < 1.29 is 0 Å². The van der Waals surface area contributed by atoms with Gasteiger partial charge in [-0.25, -0.2) is 9.97 Å². The summed E-state index contributed by atoms with van der Waals surface area (Å²) in [4.78, 5) is 12.3. The monoisotopic (exact) mass is 214 g/mol. The number of hydrogen-bond acceptors (Lipinski definition) is 4. The highest BCUT2D eigenvalue weighted by atomic mass is 15.0. The predicted octanol–water partition coefficient (Wildman–Crippen LogP) is 1.72. The normalized spacial score (nSPS) is 12.3. The Hall–Kier alpha value is -1.81. The van der Waals surface area contributed by atoms with E-state index in [2.05, 4.69) is 27.2 Å². The number of aromatic nitrogens is 3. The maximum absolute atomic E-state index is 4.16. The van der Waals surface area contributed by atoms with E-state index in [9.17, 15) is 0 Å². The number of pyridine rings is 1. The lowest BCUT2D eigenvalue weighted by atomic mass is 10.1. The summed E-state index contributed by atoms with van der Waals surface area (Å²) < 4.78 is 0. The molecule has 0 saturated heterocycles. The molecule has 2 aromatic rings. The molecule has 0 radical (unpaired) electrons. The van der Waals surface area contributed by atoms with E-state index in [4.69, 9.17) is 0 Å². The van der Waals surface area contributed by atoms with Crippen LogP contribution in [0.5, 0.6) is 0 Å². The summed E-state index contributed by atoms with van der Waals surface area (Å²) in [5, 5.41) is 3.36. The zero-order valence-electron chi connectivity index (χ0n) is 9.17. The molecule has 0 amide bonds. The standard InChI is InChI=1S/C12H14N4/c1-10(11-3-7-13-8-4-11)16-9-12-14-5-2-6-15-12/h2-8,10,16H,9H2,1H3/t10-/m0/s1. The van der Waals surface area contributed by atoms with Gasteiger partial charge in [-0.1, -0.05) is 0 Å². The lowest BCUT2D eigenvalue weighted by Crippen LogP contribution is -2.19. The van der Waals surface area contributed by atoms with Gasteiger partial charge < -0.3 is 5.32 Å². The number of nitrogens with one attached hydrogen (secondary N) is 1. The van der Waals surface area contributed by atoms with Crippen molar-refractivity contribution in [3.63, 3.8) is 0 Å². The Morgan fingerprint density at radius 3 is 2.50 bits per heavy atom. The maximum Gasteiger partial charge on any atom is 0.141 e. The van der Waals surface area contributed by atoms with Crippen LogP contribution in [0.25, 0.3) is 0 Å². The Bertz CT molecular complexity index is 416. The van der Waals surface area contributed by atoms with Crippen molar-refractivity contribution in [2.75, 3.05) is 0 Å². The molecular weight excluding hydrogens is 200 g/mol. The van der Waals surface area contributed by atoms with E-state index in [0.717, 1.165) is 5.82 Å². The van der Waals surface area contributed by atoms with Crippen LogP contribution in [0.15, 0.2) is 43.0 Å². The van der Waals surface area contributed by atoms with Gasteiger partial charge in [0.2, 0.25) is 0 Å². The Morgan fingerprint density at radius 1 is 1.12 bits per heavy atom. The highest BCUT2D eigenvalue weighted by Crippen LogP contribution is 2.10. The lowest BCUT2D eigenvalue weighted by Gasteiger charge is -2.12. The first-order chi connectivity index (χ1) is 7.86. The molecular formula is C12H14N4. The van der Waals surface area contributed by atoms with Gasteiger partial charge in [0.15, 0.2) is 0 Å². The predicted molar refractivity (Wildman–Crippen MR) is 61.5 cm³/mol. The molecule has 0 spiro atoms. The first kappa shape index (κ1) is 10.7. The van der Waals surface area contributed by atoms with E-state index in [1.807, 2.05) is 18.2 Å². The molecule has 0 aromatic carbocycles. The Kier molecular flexibility index (Phi) is 3.56. The fourth-order valence-electron chi connectivity index (χ4n) is 1.44. The maximum atomic E-state index is 4.16. The van der Waals surface area contributed by atoms with Gasteiger partial charge in [0.1, 0.15) is 5.82 Å². The zero-order chi connectivity index (χ0) is 11.2. The van der Waals surface area contributed by atoms with Gasteiger partial charge >= 0.3 is 0 Å². The van der Waals surface area contributed by atoms with E-state index in [1.165, 1.54) is 5.56 Å². The summed E-state index contributed by atoms with van der Waals surface area (Å²) in [6.07, 6.45) is 7.10. The van der Waals surface area contributed by atoms with Gasteiger partial charge in [0.05, 0.1) is 6.54 Å². The minimum absolute atomic E-state index is 0.270. The van der Waals surface area contributed by atoms with Crippen LogP contribution in [0.2, 0.25) is 0 Å².